The molecule has 3 rings (SSSR count). The number of nitrogens with one attached hydrogen (secondary N) is 1. The van der Waals surface area contributed by atoms with E-state index in [2.05, 4.69) is 9.71 Å². The van der Waals surface area contributed by atoms with Gasteiger partial charge in [0, 0.05) is 0 Å². The van der Waals surface area contributed by atoms with Crippen LogP contribution in [0.4, 0.5) is 9.52 Å². The molecule has 152 valence electrons. The monoisotopic (exact) mass is 453 g/mol. The van der Waals surface area contributed by atoms with Gasteiger partial charge in [0.15, 0.2) is 5.13 Å². The summed E-state index contributed by atoms with van der Waals surface area (Å²) in [4.78, 5) is 3.70. The van der Waals surface area contributed by atoms with Crippen molar-refractivity contribution in [3.8, 4) is 17.6 Å². The molecule has 0 atom stereocenters. The van der Waals surface area contributed by atoms with Crippen molar-refractivity contribution in [2.24, 2.45) is 0 Å². The number of aryl methyl sites for hydroxylation is 1. The van der Waals surface area contributed by atoms with Crippen molar-refractivity contribution >= 4 is 38.1 Å². The number of thiazole rings is 1. The highest BCUT2D eigenvalue weighted by atomic mass is 35.5. The zero-order valence-corrected chi connectivity index (χ0v) is 18.1. The first-order chi connectivity index (χ1) is 13.8. The van der Waals surface area contributed by atoms with E-state index in [1.54, 1.807) is 6.92 Å². The number of anilines is 1. The van der Waals surface area contributed by atoms with Crippen LogP contribution in [0.5, 0.6) is 11.5 Å². The van der Waals surface area contributed by atoms with Gasteiger partial charge < -0.3 is 4.74 Å². The molecule has 1 aromatic heterocycles. The summed E-state index contributed by atoms with van der Waals surface area (Å²) in [6, 6.07) is 9.71. The van der Waals surface area contributed by atoms with E-state index in [0.717, 1.165) is 11.3 Å². The van der Waals surface area contributed by atoms with Crippen LogP contribution in [0.3, 0.4) is 0 Å². The number of halogens is 2. The van der Waals surface area contributed by atoms with E-state index >= 15 is 0 Å². The molecule has 29 heavy (non-hydrogen) atoms. The van der Waals surface area contributed by atoms with E-state index in [0.29, 0.717) is 15.6 Å². The lowest BCUT2D eigenvalue weighted by atomic mass is 10.2. The average Bonchev–Trinajstić information content (AvgIpc) is 3.09. The Hall–Kier alpha value is -2.67. The summed E-state index contributed by atoms with van der Waals surface area (Å²) in [6.07, 6.45) is 1.33. The molecule has 0 radical (unpaired) electrons. The van der Waals surface area contributed by atoms with Crippen molar-refractivity contribution in [1.82, 2.24) is 4.98 Å². The summed E-state index contributed by atoms with van der Waals surface area (Å²) in [5.74, 6) is 0.109. The lowest BCUT2D eigenvalue weighted by Gasteiger charge is -2.11. The van der Waals surface area contributed by atoms with Crippen LogP contribution in [0, 0.1) is 24.1 Å². The molecule has 0 saturated heterocycles. The number of nitriles is 1. The SMILES string of the molecule is CC.Cc1cc(F)ccc1Oc1ccc(S(=O)(=O)Nc2ncc(Cl)s2)cc1C#N. The van der Waals surface area contributed by atoms with Crippen LogP contribution in [0.2, 0.25) is 4.34 Å². The third-order valence-electron chi connectivity index (χ3n) is 3.44. The standard InChI is InChI=1S/C17H11ClFN3O3S2.C2H6/c1-10-6-12(19)2-4-14(10)25-15-5-3-13(7-11(15)8-20)27(23,24)22-17-21-9-16(18)26-17;1-2/h2-7,9H,1H3,(H,21,22);1-2H3. The molecular weight excluding hydrogens is 437 g/mol. The maximum Gasteiger partial charge on any atom is 0.263 e. The van der Waals surface area contributed by atoms with Crippen molar-refractivity contribution in [2.45, 2.75) is 25.7 Å². The molecule has 10 heteroatoms. The summed E-state index contributed by atoms with van der Waals surface area (Å²) < 4.78 is 46.4. The zero-order valence-electron chi connectivity index (χ0n) is 15.7. The number of rotatable bonds is 5. The fraction of sp³-hybridized carbons (Fsp3) is 0.158. The molecule has 0 spiro atoms. The van der Waals surface area contributed by atoms with Gasteiger partial charge >= 0.3 is 0 Å². The molecule has 1 heterocycles. The minimum atomic E-state index is -3.95. The maximum atomic E-state index is 13.2. The van der Waals surface area contributed by atoms with Crippen LogP contribution in [0.1, 0.15) is 25.0 Å². The van der Waals surface area contributed by atoms with Crippen LogP contribution in [-0.4, -0.2) is 13.4 Å². The second-order valence-corrected chi connectivity index (χ2v) is 8.70. The topological polar surface area (TPSA) is 92.1 Å². The number of aromatic nitrogens is 1. The summed E-state index contributed by atoms with van der Waals surface area (Å²) in [6.45, 7) is 5.66. The molecule has 1 N–H and O–H groups in total. The Balaban J connectivity index is 0.00000145. The molecular formula is C19H17ClFN3O3S2. The first kappa shape index (κ1) is 22.6. The van der Waals surface area contributed by atoms with Gasteiger partial charge in [-0.05, 0) is 48.9 Å². The largest absolute Gasteiger partial charge is 0.456 e. The van der Waals surface area contributed by atoms with Gasteiger partial charge in [-0.15, -0.1) is 0 Å². The van der Waals surface area contributed by atoms with Crippen molar-refractivity contribution in [2.75, 3.05) is 4.72 Å². The molecule has 2 aromatic carbocycles. The second-order valence-electron chi connectivity index (χ2n) is 5.36. The van der Waals surface area contributed by atoms with Gasteiger partial charge in [-0.3, -0.25) is 4.72 Å². The minimum Gasteiger partial charge on any atom is -0.456 e. The predicted molar refractivity (Wildman–Crippen MR) is 112 cm³/mol. The Morgan fingerprint density at radius 1 is 1.21 bits per heavy atom. The third kappa shape index (κ3) is 5.67. The first-order valence-electron chi connectivity index (χ1n) is 8.41. The van der Waals surface area contributed by atoms with Crippen molar-refractivity contribution < 1.29 is 17.5 Å². The lowest BCUT2D eigenvalue weighted by molar-refractivity contribution is 0.474. The molecule has 3 aromatic rings. The Labute approximate surface area is 177 Å². The van der Waals surface area contributed by atoms with Gasteiger partial charge in [0.05, 0.1) is 16.7 Å². The van der Waals surface area contributed by atoms with Gasteiger partial charge in [-0.2, -0.15) is 5.26 Å². The van der Waals surface area contributed by atoms with E-state index in [9.17, 15) is 18.1 Å². The van der Waals surface area contributed by atoms with E-state index in [1.165, 1.54) is 42.6 Å². The zero-order chi connectivity index (χ0) is 21.6. The summed E-state index contributed by atoms with van der Waals surface area (Å²) in [5, 5.41) is 9.47. The first-order valence-corrected chi connectivity index (χ1v) is 11.1. The van der Waals surface area contributed by atoms with Gasteiger partial charge in [0.25, 0.3) is 10.0 Å². The molecule has 0 saturated carbocycles. The molecule has 0 aliphatic heterocycles. The van der Waals surface area contributed by atoms with Crippen LogP contribution < -0.4 is 9.46 Å². The maximum absolute atomic E-state index is 13.2. The second kappa shape index (κ2) is 9.69. The number of ether oxygens (including phenoxy) is 1. The van der Waals surface area contributed by atoms with Crippen molar-refractivity contribution in [3.05, 3.63) is 63.9 Å². The number of nitrogens with zero attached hydrogens (tertiary/aromatic N) is 2. The Morgan fingerprint density at radius 2 is 1.90 bits per heavy atom. The van der Waals surface area contributed by atoms with Crippen LogP contribution >= 0.6 is 22.9 Å². The van der Waals surface area contributed by atoms with E-state index in [4.69, 9.17) is 16.3 Å². The van der Waals surface area contributed by atoms with Crippen molar-refractivity contribution in [3.63, 3.8) is 0 Å². The van der Waals surface area contributed by atoms with Crippen LogP contribution in [0.15, 0.2) is 47.5 Å². The van der Waals surface area contributed by atoms with Gasteiger partial charge in [-0.25, -0.2) is 17.8 Å². The molecule has 0 unspecified atom stereocenters. The highest BCUT2D eigenvalue weighted by Crippen LogP contribution is 2.31. The van der Waals surface area contributed by atoms with E-state index in [-0.39, 0.29) is 21.3 Å². The fourth-order valence-electron chi connectivity index (χ4n) is 2.17. The van der Waals surface area contributed by atoms with E-state index < -0.39 is 15.8 Å². The number of hydrogen-bond donors (Lipinski definition) is 1. The summed E-state index contributed by atoms with van der Waals surface area (Å²) >= 11 is 6.71. The van der Waals surface area contributed by atoms with Crippen molar-refractivity contribution in [1.29, 1.82) is 5.26 Å². The van der Waals surface area contributed by atoms with Crippen LogP contribution in [-0.2, 0) is 10.0 Å². The van der Waals surface area contributed by atoms with Gasteiger partial charge in [0.1, 0.15) is 27.7 Å². The molecule has 0 bridgehead atoms. The van der Waals surface area contributed by atoms with Gasteiger partial charge in [0.2, 0.25) is 0 Å². The molecule has 0 aliphatic carbocycles. The number of sulfonamides is 1. The average molecular weight is 454 g/mol. The fourth-order valence-corrected chi connectivity index (χ4v) is 4.25. The molecule has 6 nitrogen and oxygen atoms in total. The molecule has 0 fully saturated rings. The Kier molecular flexibility index (Phi) is 7.56. The minimum absolute atomic E-state index is 0.0128. The summed E-state index contributed by atoms with van der Waals surface area (Å²) in [5.41, 5.74) is 0.552. The normalized spacial score (nSPS) is 10.5. The Bertz CT molecular complexity index is 1160. The highest BCUT2D eigenvalue weighted by Gasteiger charge is 2.19. The Morgan fingerprint density at radius 3 is 2.48 bits per heavy atom. The number of benzene rings is 2. The van der Waals surface area contributed by atoms with Crippen LogP contribution in [0.25, 0.3) is 0 Å². The third-order valence-corrected chi connectivity index (χ3v) is 5.93. The summed E-state index contributed by atoms with van der Waals surface area (Å²) in [7, 11) is -3.95. The van der Waals surface area contributed by atoms with E-state index in [1.807, 2.05) is 19.9 Å². The van der Waals surface area contributed by atoms with Gasteiger partial charge in [-0.1, -0.05) is 36.8 Å². The smallest absolute Gasteiger partial charge is 0.263 e. The predicted octanol–water partition coefficient (Wildman–Crippen LogP) is 5.74. The molecule has 0 aliphatic rings. The quantitative estimate of drug-likeness (QED) is 0.532. The molecule has 0 amide bonds. The highest BCUT2D eigenvalue weighted by molar-refractivity contribution is 7.93. The lowest BCUT2D eigenvalue weighted by Crippen LogP contribution is -2.13. The number of hydrogen-bond acceptors (Lipinski definition) is 6.